The fourth-order valence-electron chi connectivity index (χ4n) is 3.71. The van der Waals surface area contributed by atoms with E-state index in [1.807, 2.05) is 43.3 Å². The van der Waals surface area contributed by atoms with Crippen LogP contribution in [0.2, 0.25) is 0 Å². The number of benzene rings is 2. The summed E-state index contributed by atoms with van der Waals surface area (Å²) in [6.07, 6.45) is 1.83. The molecular formula is C23H31N3O3. The van der Waals surface area contributed by atoms with Gasteiger partial charge in [-0.15, -0.1) is 0 Å². The van der Waals surface area contributed by atoms with E-state index in [1.54, 1.807) is 7.11 Å². The monoisotopic (exact) mass is 397 g/mol. The number of aliphatic imine (C=N–C) groups is 1. The Hall–Kier alpha value is -2.57. The molecule has 29 heavy (non-hydrogen) atoms. The van der Waals surface area contributed by atoms with E-state index in [2.05, 4.69) is 17.4 Å². The lowest BCUT2D eigenvalue weighted by molar-refractivity contribution is 0.0531. The number of methoxy groups -OCH3 is 1. The summed E-state index contributed by atoms with van der Waals surface area (Å²) in [5.74, 6) is 1.29. The second-order valence-electron chi connectivity index (χ2n) is 7.27. The minimum Gasteiger partial charge on any atom is -0.494 e. The minimum atomic E-state index is -0.0820. The summed E-state index contributed by atoms with van der Waals surface area (Å²) in [5, 5.41) is 3.23. The van der Waals surface area contributed by atoms with Gasteiger partial charge >= 0.3 is 0 Å². The van der Waals surface area contributed by atoms with Crippen molar-refractivity contribution in [2.45, 2.75) is 31.8 Å². The quantitative estimate of drug-likeness (QED) is 0.524. The first-order chi connectivity index (χ1) is 14.2. The van der Waals surface area contributed by atoms with Crippen molar-refractivity contribution >= 4 is 11.6 Å². The smallest absolute Gasteiger partial charge is 0.193 e. The lowest BCUT2D eigenvalue weighted by atomic mass is 9.74. The van der Waals surface area contributed by atoms with E-state index in [1.165, 1.54) is 5.56 Å². The fourth-order valence-corrected chi connectivity index (χ4v) is 3.71. The van der Waals surface area contributed by atoms with Crippen molar-refractivity contribution < 1.29 is 14.2 Å². The van der Waals surface area contributed by atoms with Crippen LogP contribution in [0.25, 0.3) is 0 Å². The Kier molecular flexibility index (Phi) is 7.49. The molecule has 0 bridgehead atoms. The lowest BCUT2D eigenvalue weighted by Crippen LogP contribution is -2.38. The SMILES string of the molecule is CCOc1ccc(C2(CN=C(N)Nc3ccccc3COC)CCOCC2)cc1. The van der Waals surface area contributed by atoms with Gasteiger partial charge in [0.1, 0.15) is 5.75 Å². The number of para-hydroxylation sites is 1. The third-order valence-corrected chi connectivity index (χ3v) is 5.36. The van der Waals surface area contributed by atoms with Gasteiger partial charge in [0, 0.05) is 37.0 Å². The van der Waals surface area contributed by atoms with Crippen LogP contribution in [0.5, 0.6) is 5.75 Å². The Morgan fingerprint density at radius 2 is 1.86 bits per heavy atom. The van der Waals surface area contributed by atoms with Crippen LogP contribution in [0.1, 0.15) is 30.9 Å². The van der Waals surface area contributed by atoms with Crippen LogP contribution in [-0.2, 0) is 21.5 Å². The molecule has 0 unspecified atom stereocenters. The van der Waals surface area contributed by atoms with E-state index < -0.39 is 0 Å². The highest BCUT2D eigenvalue weighted by Crippen LogP contribution is 2.36. The summed E-state index contributed by atoms with van der Waals surface area (Å²) in [7, 11) is 1.68. The molecule has 0 amide bonds. The van der Waals surface area contributed by atoms with Gasteiger partial charge in [-0.05, 0) is 43.5 Å². The van der Waals surface area contributed by atoms with Gasteiger partial charge in [-0.1, -0.05) is 30.3 Å². The predicted molar refractivity (Wildman–Crippen MR) is 117 cm³/mol. The maximum Gasteiger partial charge on any atom is 0.193 e. The molecule has 1 saturated heterocycles. The number of ether oxygens (including phenoxy) is 3. The van der Waals surface area contributed by atoms with Crippen LogP contribution < -0.4 is 15.8 Å². The third-order valence-electron chi connectivity index (χ3n) is 5.36. The van der Waals surface area contributed by atoms with Gasteiger partial charge in [0.2, 0.25) is 0 Å². The zero-order valence-corrected chi connectivity index (χ0v) is 17.3. The Morgan fingerprint density at radius 1 is 1.14 bits per heavy atom. The van der Waals surface area contributed by atoms with Crippen molar-refractivity contribution in [1.29, 1.82) is 0 Å². The molecule has 1 aliphatic heterocycles. The van der Waals surface area contributed by atoms with E-state index in [-0.39, 0.29) is 5.41 Å². The van der Waals surface area contributed by atoms with Crippen molar-refractivity contribution in [3.63, 3.8) is 0 Å². The number of hydrogen-bond donors (Lipinski definition) is 2. The molecule has 0 atom stereocenters. The van der Waals surface area contributed by atoms with Crippen LogP contribution in [0.15, 0.2) is 53.5 Å². The van der Waals surface area contributed by atoms with Crippen LogP contribution in [0, 0.1) is 0 Å². The van der Waals surface area contributed by atoms with Crippen molar-refractivity contribution in [2.24, 2.45) is 10.7 Å². The highest BCUT2D eigenvalue weighted by Gasteiger charge is 2.34. The number of nitrogens with one attached hydrogen (secondary N) is 1. The highest BCUT2D eigenvalue weighted by molar-refractivity contribution is 5.93. The number of nitrogens with zero attached hydrogens (tertiary/aromatic N) is 1. The van der Waals surface area contributed by atoms with Gasteiger partial charge in [0.05, 0.1) is 19.8 Å². The summed E-state index contributed by atoms with van der Waals surface area (Å²) in [6, 6.07) is 16.3. The summed E-state index contributed by atoms with van der Waals surface area (Å²) in [4.78, 5) is 4.71. The molecule has 6 nitrogen and oxygen atoms in total. The maximum atomic E-state index is 6.24. The van der Waals surface area contributed by atoms with Crippen LogP contribution in [0.4, 0.5) is 5.69 Å². The molecule has 0 radical (unpaired) electrons. The molecule has 0 saturated carbocycles. The fraction of sp³-hybridized carbons (Fsp3) is 0.435. The van der Waals surface area contributed by atoms with Gasteiger partial charge in [0.15, 0.2) is 5.96 Å². The maximum absolute atomic E-state index is 6.24. The average molecular weight is 398 g/mol. The van der Waals surface area contributed by atoms with Crippen LogP contribution in [-0.4, -0.2) is 39.4 Å². The molecule has 3 rings (SSSR count). The number of guanidine groups is 1. The zero-order valence-electron chi connectivity index (χ0n) is 17.3. The number of rotatable bonds is 8. The molecule has 1 aliphatic rings. The van der Waals surface area contributed by atoms with E-state index in [4.69, 9.17) is 24.9 Å². The van der Waals surface area contributed by atoms with E-state index >= 15 is 0 Å². The zero-order chi connectivity index (χ0) is 20.5. The standard InChI is InChI=1S/C23H31N3O3/c1-3-29-20-10-8-19(9-11-20)23(12-14-28-15-13-23)17-25-22(24)26-21-7-5-4-6-18(21)16-27-2/h4-11H,3,12-17H2,1-2H3,(H3,24,25,26). The molecule has 2 aromatic rings. The molecule has 156 valence electrons. The first-order valence-electron chi connectivity index (χ1n) is 10.1. The van der Waals surface area contributed by atoms with Gasteiger partial charge in [-0.3, -0.25) is 4.99 Å². The molecule has 1 heterocycles. The first kappa shape index (κ1) is 21.1. The topological polar surface area (TPSA) is 78.1 Å². The molecule has 6 heteroatoms. The predicted octanol–water partition coefficient (Wildman–Crippen LogP) is 3.71. The molecule has 1 fully saturated rings. The molecule has 0 spiro atoms. The Labute approximate surface area is 173 Å². The van der Waals surface area contributed by atoms with Crippen molar-refractivity contribution in [3.05, 3.63) is 59.7 Å². The largest absolute Gasteiger partial charge is 0.494 e. The Balaban J connectivity index is 1.76. The number of hydrogen-bond acceptors (Lipinski definition) is 4. The average Bonchev–Trinajstić information content (AvgIpc) is 2.75. The van der Waals surface area contributed by atoms with Gasteiger partial charge in [-0.2, -0.15) is 0 Å². The summed E-state index contributed by atoms with van der Waals surface area (Å²) in [5.41, 5.74) is 9.36. The van der Waals surface area contributed by atoms with Gasteiger partial charge in [0.25, 0.3) is 0 Å². The Bertz CT molecular complexity index is 799. The molecule has 0 aromatic heterocycles. The van der Waals surface area contributed by atoms with Gasteiger partial charge < -0.3 is 25.3 Å². The molecule has 2 aromatic carbocycles. The highest BCUT2D eigenvalue weighted by atomic mass is 16.5. The summed E-state index contributed by atoms with van der Waals surface area (Å²) < 4.78 is 16.5. The van der Waals surface area contributed by atoms with Crippen LogP contribution >= 0.6 is 0 Å². The Morgan fingerprint density at radius 3 is 2.55 bits per heavy atom. The van der Waals surface area contributed by atoms with E-state index in [0.29, 0.717) is 25.7 Å². The van der Waals surface area contributed by atoms with E-state index in [9.17, 15) is 0 Å². The molecular weight excluding hydrogens is 366 g/mol. The number of nitrogens with two attached hydrogens (primary N) is 1. The second-order valence-corrected chi connectivity index (χ2v) is 7.27. The van der Waals surface area contributed by atoms with Crippen molar-refractivity contribution in [2.75, 3.05) is 38.8 Å². The number of anilines is 1. The summed E-state index contributed by atoms with van der Waals surface area (Å²) in [6.45, 7) is 5.23. The minimum absolute atomic E-state index is 0.0820. The van der Waals surface area contributed by atoms with Crippen LogP contribution in [0.3, 0.4) is 0 Å². The van der Waals surface area contributed by atoms with Gasteiger partial charge in [-0.25, -0.2) is 0 Å². The molecule has 0 aliphatic carbocycles. The lowest BCUT2D eigenvalue weighted by Gasteiger charge is -2.36. The summed E-state index contributed by atoms with van der Waals surface area (Å²) >= 11 is 0. The first-order valence-corrected chi connectivity index (χ1v) is 10.1. The van der Waals surface area contributed by atoms with E-state index in [0.717, 1.165) is 43.1 Å². The van der Waals surface area contributed by atoms with Crippen molar-refractivity contribution in [3.8, 4) is 5.75 Å². The van der Waals surface area contributed by atoms with Crippen molar-refractivity contribution in [1.82, 2.24) is 0 Å². The molecule has 3 N–H and O–H groups in total. The normalized spacial score (nSPS) is 16.4. The second kappa shape index (κ2) is 10.3. The third kappa shape index (κ3) is 5.49.